The highest BCUT2D eigenvalue weighted by Gasteiger charge is 2.43. The predicted molar refractivity (Wildman–Crippen MR) is 99.2 cm³/mol. The van der Waals surface area contributed by atoms with Crippen molar-refractivity contribution >= 4 is 23.6 Å². The second-order valence-electron chi connectivity index (χ2n) is 6.14. The van der Waals surface area contributed by atoms with E-state index in [1.54, 1.807) is 12.1 Å². The maximum atomic E-state index is 13.6. The molecule has 2 aromatic rings. The maximum Gasteiger partial charge on any atom is 0.329 e. The van der Waals surface area contributed by atoms with Crippen LogP contribution in [0.1, 0.15) is 34.6 Å². The molecule has 27 heavy (non-hydrogen) atoms. The summed E-state index contributed by atoms with van der Waals surface area (Å²) in [6.45, 7) is 2.15. The second kappa shape index (κ2) is 8.52. The van der Waals surface area contributed by atoms with Gasteiger partial charge in [-0.15, -0.1) is 11.8 Å². The SMILES string of the molecule is CCCOC(=O)C1CSC(c2ccc(F)cc2)N1C(=O)c1cccc(F)c1. The van der Waals surface area contributed by atoms with Gasteiger partial charge in [0.2, 0.25) is 0 Å². The number of nitrogens with zero attached hydrogens (tertiary/aromatic N) is 1. The van der Waals surface area contributed by atoms with E-state index < -0.39 is 29.1 Å². The fraction of sp³-hybridized carbons (Fsp3) is 0.300. The van der Waals surface area contributed by atoms with Crippen LogP contribution in [0, 0.1) is 11.6 Å². The first kappa shape index (κ1) is 19.4. The van der Waals surface area contributed by atoms with Crippen LogP contribution in [-0.2, 0) is 9.53 Å². The first-order valence-electron chi connectivity index (χ1n) is 8.63. The van der Waals surface area contributed by atoms with Gasteiger partial charge in [-0.2, -0.15) is 0 Å². The molecule has 1 aliphatic rings. The van der Waals surface area contributed by atoms with Gasteiger partial charge in [-0.05, 0) is 42.3 Å². The number of hydrogen-bond acceptors (Lipinski definition) is 4. The van der Waals surface area contributed by atoms with E-state index in [4.69, 9.17) is 4.74 Å². The molecule has 7 heteroatoms. The molecule has 0 saturated carbocycles. The van der Waals surface area contributed by atoms with Crippen LogP contribution in [0.2, 0.25) is 0 Å². The molecular weight excluding hydrogens is 372 g/mol. The van der Waals surface area contributed by atoms with E-state index >= 15 is 0 Å². The molecule has 2 aromatic carbocycles. The summed E-state index contributed by atoms with van der Waals surface area (Å²) in [6.07, 6.45) is 0.671. The molecule has 1 aliphatic heterocycles. The molecular formula is C20H19F2NO3S. The number of carbonyl (C=O) groups is 2. The Bertz CT molecular complexity index is 828. The minimum Gasteiger partial charge on any atom is -0.464 e. The van der Waals surface area contributed by atoms with Crippen molar-refractivity contribution in [3.05, 3.63) is 71.3 Å². The van der Waals surface area contributed by atoms with Gasteiger partial charge in [-0.1, -0.05) is 25.1 Å². The Kier molecular flexibility index (Phi) is 6.11. The summed E-state index contributed by atoms with van der Waals surface area (Å²) in [5.41, 5.74) is 0.842. The number of carbonyl (C=O) groups excluding carboxylic acids is 2. The highest BCUT2D eigenvalue weighted by molar-refractivity contribution is 7.99. The molecule has 142 valence electrons. The number of ether oxygens (including phenoxy) is 1. The van der Waals surface area contributed by atoms with Crippen molar-refractivity contribution in [1.82, 2.24) is 4.90 Å². The van der Waals surface area contributed by atoms with E-state index in [1.165, 1.54) is 47.0 Å². The van der Waals surface area contributed by atoms with E-state index in [1.807, 2.05) is 6.92 Å². The van der Waals surface area contributed by atoms with Gasteiger partial charge in [0.1, 0.15) is 23.1 Å². The predicted octanol–water partition coefficient (Wildman–Crippen LogP) is 4.17. The molecule has 1 fully saturated rings. The van der Waals surface area contributed by atoms with Gasteiger partial charge in [0.05, 0.1) is 6.61 Å². The fourth-order valence-corrected chi connectivity index (χ4v) is 4.30. The minimum atomic E-state index is -0.785. The number of benzene rings is 2. The van der Waals surface area contributed by atoms with Gasteiger partial charge in [0, 0.05) is 11.3 Å². The molecule has 3 rings (SSSR count). The third-order valence-electron chi connectivity index (χ3n) is 4.18. The van der Waals surface area contributed by atoms with Crippen LogP contribution in [0.25, 0.3) is 0 Å². The lowest BCUT2D eigenvalue weighted by atomic mass is 10.1. The third kappa shape index (κ3) is 4.30. The zero-order valence-corrected chi connectivity index (χ0v) is 15.5. The number of rotatable bonds is 5. The zero-order chi connectivity index (χ0) is 19.4. The van der Waals surface area contributed by atoms with Crippen LogP contribution in [-0.4, -0.2) is 35.2 Å². The van der Waals surface area contributed by atoms with Crippen LogP contribution in [0.4, 0.5) is 8.78 Å². The van der Waals surface area contributed by atoms with E-state index in [2.05, 4.69) is 0 Å². The van der Waals surface area contributed by atoms with Crippen molar-refractivity contribution in [1.29, 1.82) is 0 Å². The Balaban J connectivity index is 1.94. The molecule has 1 saturated heterocycles. The second-order valence-corrected chi connectivity index (χ2v) is 7.26. The number of amides is 1. The fourth-order valence-electron chi connectivity index (χ4n) is 2.89. The first-order valence-corrected chi connectivity index (χ1v) is 9.68. The summed E-state index contributed by atoms with van der Waals surface area (Å²) in [5.74, 6) is -1.52. The summed E-state index contributed by atoms with van der Waals surface area (Å²) in [4.78, 5) is 27.0. The molecule has 2 unspecified atom stereocenters. The third-order valence-corrected chi connectivity index (χ3v) is 5.51. The summed E-state index contributed by atoms with van der Waals surface area (Å²) in [7, 11) is 0. The quantitative estimate of drug-likeness (QED) is 0.718. The van der Waals surface area contributed by atoms with Crippen LogP contribution in [0.15, 0.2) is 48.5 Å². The topological polar surface area (TPSA) is 46.6 Å². The smallest absolute Gasteiger partial charge is 0.329 e. The Labute approximate surface area is 160 Å². The van der Waals surface area contributed by atoms with Crippen molar-refractivity contribution < 1.29 is 23.1 Å². The standard InChI is InChI=1S/C20H19F2NO3S/c1-2-10-26-20(25)17-12-27-19(13-6-8-15(21)9-7-13)23(17)18(24)14-4-3-5-16(22)11-14/h3-9,11,17,19H,2,10,12H2,1H3. The summed E-state index contributed by atoms with van der Waals surface area (Å²) in [6, 6.07) is 10.3. The molecule has 1 amide bonds. The zero-order valence-electron chi connectivity index (χ0n) is 14.7. The highest BCUT2D eigenvalue weighted by atomic mass is 32.2. The van der Waals surface area contributed by atoms with Gasteiger partial charge < -0.3 is 9.64 Å². The number of thioether (sulfide) groups is 1. The van der Waals surface area contributed by atoms with E-state index in [0.717, 1.165) is 6.07 Å². The number of hydrogen-bond donors (Lipinski definition) is 0. The first-order chi connectivity index (χ1) is 13.0. The average Bonchev–Trinajstić information content (AvgIpc) is 3.11. The average molecular weight is 391 g/mol. The summed E-state index contributed by atoms with van der Waals surface area (Å²) < 4.78 is 32.1. The van der Waals surface area contributed by atoms with Crippen LogP contribution in [0.5, 0.6) is 0 Å². The molecule has 0 spiro atoms. The van der Waals surface area contributed by atoms with Gasteiger partial charge in [0.25, 0.3) is 5.91 Å². The van der Waals surface area contributed by atoms with Crippen molar-refractivity contribution in [2.24, 2.45) is 0 Å². The van der Waals surface area contributed by atoms with E-state index in [-0.39, 0.29) is 18.0 Å². The normalized spacial score (nSPS) is 19.1. The molecule has 0 aromatic heterocycles. The molecule has 4 nitrogen and oxygen atoms in total. The molecule has 0 N–H and O–H groups in total. The Morgan fingerprint density at radius 2 is 1.89 bits per heavy atom. The lowest BCUT2D eigenvalue weighted by Crippen LogP contribution is -2.44. The monoisotopic (exact) mass is 391 g/mol. The van der Waals surface area contributed by atoms with Gasteiger partial charge in [0.15, 0.2) is 0 Å². The van der Waals surface area contributed by atoms with Crippen molar-refractivity contribution in [2.45, 2.75) is 24.8 Å². The molecule has 0 aliphatic carbocycles. The molecule has 1 heterocycles. The minimum absolute atomic E-state index is 0.151. The Morgan fingerprint density at radius 3 is 2.56 bits per heavy atom. The Hall–Kier alpha value is -2.41. The van der Waals surface area contributed by atoms with Crippen LogP contribution >= 0.6 is 11.8 Å². The molecule has 0 radical (unpaired) electrons. The van der Waals surface area contributed by atoms with Gasteiger partial charge >= 0.3 is 5.97 Å². The van der Waals surface area contributed by atoms with E-state index in [0.29, 0.717) is 17.7 Å². The number of esters is 1. The lowest BCUT2D eigenvalue weighted by molar-refractivity contribution is -0.148. The maximum absolute atomic E-state index is 13.6. The van der Waals surface area contributed by atoms with Crippen molar-refractivity contribution in [3.63, 3.8) is 0 Å². The summed E-state index contributed by atoms with van der Waals surface area (Å²) >= 11 is 1.39. The van der Waals surface area contributed by atoms with Crippen LogP contribution < -0.4 is 0 Å². The highest BCUT2D eigenvalue weighted by Crippen LogP contribution is 2.42. The summed E-state index contributed by atoms with van der Waals surface area (Å²) in [5, 5.41) is -0.486. The molecule has 0 bridgehead atoms. The Morgan fingerprint density at radius 1 is 1.15 bits per heavy atom. The molecule has 2 atom stereocenters. The number of halogens is 2. The van der Waals surface area contributed by atoms with Gasteiger partial charge in [-0.25, -0.2) is 13.6 Å². The largest absolute Gasteiger partial charge is 0.464 e. The van der Waals surface area contributed by atoms with Crippen molar-refractivity contribution in [3.8, 4) is 0 Å². The van der Waals surface area contributed by atoms with Crippen molar-refractivity contribution in [2.75, 3.05) is 12.4 Å². The van der Waals surface area contributed by atoms with Gasteiger partial charge in [-0.3, -0.25) is 4.79 Å². The van der Waals surface area contributed by atoms with E-state index in [9.17, 15) is 18.4 Å². The lowest BCUT2D eigenvalue weighted by Gasteiger charge is -2.28. The van der Waals surface area contributed by atoms with Crippen LogP contribution in [0.3, 0.4) is 0 Å².